The zero-order valence-electron chi connectivity index (χ0n) is 10.5. The molecule has 0 atom stereocenters. The molecule has 1 fully saturated rings. The number of carbonyl (C=O) groups is 1. The van der Waals surface area contributed by atoms with Gasteiger partial charge in [0.25, 0.3) is 0 Å². The lowest BCUT2D eigenvalue weighted by atomic mass is 9.87. The maximum Gasteiger partial charge on any atom is 0.227 e. The van der Waals surface area contributed by atoms with Crippen LogP contribution in [0.4, 0.5) is 5.69 Å². The van der Waals surface area contributed by atoms with Gasteiger partial charge in [-0.05, 0) is 36.0 Å². The Hall–Kier alpha value is -1.02. The average Bonchev–Trinajstić information content (AvgIpc) is 3.02. The van der Waals surface area contributed by atoms with Crippen LogP contribution in [0.15, 0.2) is 18.2 Å². The van der Waals surface area contributed by atoms with Gasteiger partial charge in [-0.15, -0.1) is 0 Å². The van der Waals surface area contributed by atoms with Crippen molar-refractivity contribution in [3.8, 4) is 0 Å². The lowest BCUT2D eigenvalue weighted by Gasteiger charge is -2.20. The van der Waals surface area contributed by atoms with Crippen LogP contribution >= 0.6 is 11.6 Å². The number of benzene rings is 1. The van der Waals surface area contributed by atoms with E-state index in [1.54, 1.807) is 0 Å². The van der Waals surface area contributed by atoms with Crippen molar-refractivity contribution in [1.29, 1.82) is 0 Å². The van der Waals surface area contributed by atoms with Crippen LogP contribution in [0.5, 0.6) is 0 Å². The van der Waals surface area contributed by atoms with E-state index >= 15 is 0 Å². The molecule has 0 saturated heterocycles. The zero-order chi connectivity index (χ0) is 12.6. The smallest absolute Gasteiger partial charge is 0.227 e. The monoisotopic (exact) mass is 251 g/mol. The van der Waals surface area contributed by atoms with Crippen molar-refractivity contribution in [2.45, 2.75) is 39.0 Å². The van der Waals surface area contributed by atoms with Crippen molar-refractivity contribution >= 4 is 23.2 Å². The van der Waals surface area contributed by atoms with E-state index in [0.717, 1.165) is 18.5 Å². The lowest BCUT2D eigenvalue weighted by molar-refractivity contribution is -0.117. The number of nitrogens with one attached hydrogen (secondary N) is 1. The summed E-state index contributed by atoms with van der Waals surface area (Å²) >= 11 is 6.19. The van der Waals surface area contributed by atoms with Crippen LogP contribution in [0.1, 0.15) is 39.2 Å². The van der Waals surface area contributed by atoms with Gasteiger partial charge in [-0.2, -0.15) is 0 Å². The number of amides is 1. The van der Waals surface area contributed by atoms with Gasteiger partial charge in [0, 0.05) is 5.92 Å². The molecule has 0 aromatic heterocycles. The molecule has 1 aromatic carbocycles. The summed E-state index contributed by atoms with van der Waals surface area (Å²) in [7, 11) is 0. The zero-order valence-corrected chi connectivity index (χ0v) is 11.3. The van der Waals surface area contributed by atoms with Gasteiger partial charge in [0.15, 0.2) is 0 Å². The van der Waals surface area contributed by atoms with E-state index in [9.17, 15) is 4.79 Å². The van der Waals surface area contributed by atoms with Gasteiger partial charge in [0.2, 0.25) is 5.91 Å². The highest BCUT2D eigenvalue weighted by atomic mass is 35.5. The van der Waals surface area contributed by atoms with Crippen molar-refractivity contribution in [1.82, 2.24) is 0 Å². The highest BCUT2D eigenvalue weighted by Crippen LogP contribution is 2.33. The molecule has 1 aliphatic carbocycles. The third-order valence-corrected chi connectivity index (χ3v) is 3.35. The summed E-state index contributed by atoms with van der Waals surface area (Å²) in [5, 5.41) is 3.50. The summed E-state index contributed by atoms with van der Waals surface area (Å²) in [6.07, 6.45) is 2.01. The molecule has 0 heterocycles. The minimum Gasteiger partial charge on any atom is -0.325 e. The van der Waals surface area contributed by atoms with Crippen LogP contribution in [0.3, 0.4) is 0 Å². The first-order chi connectivity index (χ1) is 7.88. The van der Waals surface area contributed by atoms with Gasteiger partial charge in [0.05, 0.1) is 10.7 Å². The Bertz CT molecular complexity index is 444. The molecule has 1 aromatic rings. The quantitative estimate of drug-likeness (QED) is 0.846. The fourth-order valence-electron chi connectivity index (χ4n) is 1.66. The summed E-state index contributed by atoms with van der Waals surface area (Å²) in [6, 6.07) is 5.85. The van der Waals surface area contributed by atoms with Gasteiger partial charge in [-0.3, -0.25) is 4.79 Å². The van der Waals surface area contributed by atoms with Crippen LogP contribution in [0.2, 0.25) is 5.02 Å². The number of hydrogen-bond acceptors (Lipinski definition) is 1. The third-order valence-electron chi connectivity index (χ3n) is 3.04. The first-order valence-corrected chi connectivity index (χ1v) is 6.36. The molecular weight excluding hydrogens is 234 g/mol. The summed E-state index contributed by atoms with van der Waals surface area (Å²) in [6.45, 7) is 6.42. The predicted molar refractivity (Wildman–Crippen MR) is 71.5 cm³/mol. The molecule has 1 N–H and O–H groups in total. The molecule has 17 heavy (non-hydrogen) atoms. The molecule has 1 aliphatic rings. The van der Waals surface area contributed by atoms with Gasteiger partial charge >= 0.3 is 0 Å². The third kappa shape index (κ3) is 3.01. The molecule has 1 saturated carbocycles. The highest BCUT2D eigenvalue weighted by molar-refractivity contribution is 6.33. The van der Waals surface area contributed by atoms with Crippen molar-refractivity contribution in [2.24, 2.45) is 5.92 Å². The highest BCUT2D eigenvalue weighted by Gasteiger charge is 2.30. The van der Waals surface area contributed by atoms with Crippen LogP contribution in [0.25, 0.3) is 0 Å². The SMILES string of the molecule is CC(C)(C)c1ccc(NC(=O)C2CC2)c(Cl)c1. The molecule has 0 spiro atoms. The normalized spacial score (nSPS) is 15.8. The molecule has 2 nitrogen and oxygen atoms in total. The summed E-state index contributed by atoms with van der Waals surface area (Å²) in [4.78, 5) is 11.6. The number of hydrogen-bond donors (Lipinski definition) is 1. The van der Waals surface area contributed by atoms with Crippen LogP contribution in [-0.4, -0.2) is 5.91 Å². The predicted octanol–water partition coefficient (Wildman–Crippen LogP) is 3.99. The second kappa shape index (κ2) is 4.34. The Morgan fingerprint density at radius 3 is 2.47 bits per heavy atom. The van der Waals surface area contributed by atoms with Crippen molar-refractivity contribution in [3.05, 3.63) is 28.8 Å². The maximum atomic E-state index is 11.6. The number of carbonyl (C=O) groups excluding carboxylic acids is 1. The molecule has 0 aliphatic heterocycles. The Morgan fingerprint density at radius 2 is 2.00 bits per heavy atom. The molecule has 0 unspecified atom stereocenters. The topological polar surface area (TPSA) is 29.1 Å². The Morgan fingerprint density at radius 1 is 1.35 bits per heavy atom. The number of halogens is 1. The van der Waals surface area contributed by atoms with Crippen molar-refractivity contribution in [2.75, 3.05) is 5.32 Å². The van der Waals surface area contributed by atoms with Gasteiger partial charge in [-0.25, -0.2) is 0 Å². The molecule has 2 rings (SSSR count). The second-order valence-electron chi connectivity index (χ2n) is 5.71. The fraction of sp³-hybridized carbons (Fsp3) is 0.500. The van der Waals surface area contributed by atoms with Gasteiger partial charge < -0.3 is 5.32 Å². The van der Waals surface area contributed by atoms with Gasteiger partial charge in [-0.1, -0.05) is 38.4 Å². The van der Waals surface area contributed by atoms with Crippen LogP contribution in [0, 0.1) is 5.92 Å². The van der Waals surface area contributed by atoms with E-state index in [-0.39, 0.29) is 17.2 Å². The van der Waals surface area contributed by atoms with Crippen LogP contribution in [-0.2, 0) is 10.2 Å². The molecule has 1 amide bonds. The largest absolute Gasteiger partial charge is 0.325 e. The summed E-state index contributed by atoms with van der Waals surface area (Å²) < 4.78 is 0. The van der Waals surface area contributed by atoms with Crippen molar-refractivity contribution in [3.63, 3.8) is 0 Å². The van der Waals surface area contributed by atoms with E-state index in [1.807, 2.05) is 18.2 Å². The molecule has 3 heteroatoms. The van der Waals surface area contributed by atoms with Gasteiger partial charge in [0.1, 0.15) is 0 Å². The number of anilines is 1. The second-order valence-corrected chi connectivity index (χ2v) is 6.12. The lowest BCUT2D eigenvalue weighted by Crippen LogP contribution is -2.15. The van der Waals surface area contributed by atoms with E-state index in [2.05, 4.69) is 26.1 Å². The van der Waals surface area contributed by atoms with E-state index < -0.39 is 0 Å². The van der Waals surface area contributed by atoms with Crippen molar-refractivity contribution < 1.29 is 4.79 Å². The first-order valence-electron chi connectivity index (χ1n) is 5.99. The molecule has 0 radical (unpaired) electrons. The summed E-state index contributed by atoms with van der Waals surface area (Å²) in [5.41, 5.74) is 1.96. The standard InChI is InChI=1S/C14H18ClNO/c1-14(2,3)10-6-7-12(11(15)8-10)16-13(17)9-4-5-9/h6-9H,4-5H2,1-3H3,(H,16,17). The fourth-order valence-corrected chi connectivity index (χ4v) is 1.89. The van der Waals surface area contributed by atoms with E-state index in [4.69, 9.17) is 11.6 Å². The first kappa shape index (κ1) is 12.4. The molecular formula is C14H18ClNO. The minimum absolute atomic E-state index is 0.0721. The average molecular weight is 252 g/mol. The Labute approximate surface area is 107 Å². The molecule has 0 bridgehead atoms. The Balaban J connectivity index is 2.16. The van der Waals surface area contributed by atoms with Crippen LogP contribution < -0.4 is 5.32 Å². The minimum atomic E-state index is 0.0721. The molecule has 92 valence electrons. The van der Waals surface area contributed by atoms with E-state index in [1.165, 1.54) is 5.56 Å². The summed E-state index contributed by atoms with van der Waals surface area (Å²) in [5.74, 6) is 0.295. The maximum absolute atomic E-state index is 11.6. The Kier molecular flexibility index (Phi) is 3.17. The van der Waals surface area contributed by atoms with E-state index in [0.29, 0.717) is 5.02 Å². The number of rotatable bonds is 2.